The van der Waals surface area contributed by atoms with Gasteiger partial charge in [0, 0.05) is 16.8 Å². The summed E-state index contributed by atoms with van der Waals surface area (Å²) in [6.45, 7) is 8.62. The van der Waals surface area contributed by atoms with Crippen LogP contribution in [0.3, 0.4) is 0 Å². The van der Waals surface area contributed by atoms with E-state index in [4.69, 9.17) is 5.73 Å². The molecule has 0 aromatic carbocycles. The first-order chi connectivity index (χ1) is 9.23. The molecule has 1 atom stereocenters. The maximum atomic E-state index is 12.4. The lowest BCUT2D eigenvalue weighted by Gasteiger charge is -2.15. The minimum atomic E-state index is 0.0658. The molecule has 1 amide bonds. The highest BCUT2D eigenvalue weighted by Gasteiger charge is 2.68. The number of nitrogens with zero attached hydrogens (tertiary/aromatic N) is 1. The fourth-order valence-electron chi connectivity index (χ4n) is 3.48. The average Bonchev–Trinajstić information content (AvgIpc) is 2.62. The molecule has 110 valence electrons. The smallest absolute Gasteiger partial charge is 0.230 e. The van der Waals surface area contributed by atoms with Crippen molar-refractivity contribution in [3.05, 3.63) is 10.6 Å². The van der Waals surface area contributed by atoms with Crippen LogP contribution in [0.2, 0.25) is 0 Å². The summed E-state index contributed by atoms with van der Waals surface area (Å²) in [5.74, 6) is 0.175. The Balaban J connectivity index is 1.72. The van der Waals surface area contributed by atoms with Crippen molar-refractivity contribution in [2.45, 2.75) is 53.0 Å². The van der Waals surface area contributed by atoms with Crippen LogP contribution in [0.1, 0.15) is 44.7 Å². The first kappa shape index (κ1) is 14.0. The Morgan fingerprint density at radius 1 is 1.35 bits per heavy atom. The third-order valence-electron chi connectivity index (χ3n) is 5.49. The van der Waals surface area contributed by atoms with E-state index < -0.39 is 0 Å². The van der Waals surface area contributed by atoms with Gasteiger partial charge in [-0.05, 0) is 30.1 Å². The van der Waals surface area contributed by atoms with Gasteiger partial charge in [0.25, 0.3) is 0 Å². The molecule has 1 heterocycles. The van der Waals surface area contributed by atoms with Gasteiger partial charge >= 0.3 is 0 Å². The molecule has 2 aliphatic carbocycles. The molecule has 1 saturated carbocycles. The molecule has 1 aromatic rings. The van der Waals surface area contributed by atoms with Gasteiger partial charge in [-0.1, -0.05) is 27.7 Å². The molecule has 3 N–H and O–H groups in total. The zero-order chi connectivity index (χ0) is 14.7. The van der Waals surface area contributed by atoms with Gasteiger partial charge in [-0.25, -0.2) is 4.98 Å². The second-order valence-electron chi connectivity index (χ2n) is 7.26. The molecule has 5 heteroatoms. The standard InChI is InChI=1S/C15H23N3OS/c1-14(2)11(15(14,3)4)12(19)18-13-17-9-6-5-8(16)7-10(9)20-13/h8,11H,5-7,16H2,1-4H3,(H,17,18,19)/t8-/m0/s1. The van der Waals surface area contributed by atoms with Gasteiger partial charge in [0.05, 0.1) is 5.69 Å². The van der Waals surface area contributed by atoms with Crippen molar-refractivity contribution in [1.29, 1.82) is 0 Å². The lowest BCUT2D eigenvalue weighted by molar-refractivity contribution is -0.118. The molecule has 1 aromatic heterocycles. The van der Waals surface area contributed by atoms with Crippen molar-refractivity contribution in [1.82, 2.24) is 4.98 Å². The molecule has 0 spiro atoms. The van der Waals surface area contributed by atoms with Crippen LogP contribution in [0.5, 0.6) is 0 Å². The summed E-state index contributed by atoms with van der Waals surface area (Å²) in [7, 11) is 0. The number of nitrogens with two attached hydrogens (primary N) is 1. The van der Waals surface area contributed by atoms with E-state index in [0.717, 1.165) is 30.1 Å². The Labute approximate surface area is 124 Å². The fourth-order valence-corrected chi connectivity index (χ4v) is 4.59. The van der Waals surface area contributed by atoms with Gasteiger partial charge in [0.15, 0.2) is 5.13 Å². The molecular weight excluding hydrogens is 270 g/mol. The Bertz CT molecular complexity index is 547. The normalized spacial score (nSPS) is 26.9. The molecule has 0 aliphatic heterocycles. The molecule has 0 saturated heterocycles. The van der Waals surface area contributed by atoms with E-state index in [1.165, 1.54) is 4.88 Å². The maximum absolute atomic E-state index is 12.4. The van der Waals surface area contributed by atoms with E-state index in [1.54, 1.807) is 11.3 Å². The summed E-state index contributed by atoms with van der Waals surface area (Å²) >= 11 is 1.59. The molecule has 2 aliphatic rings. The van der Waals surface area contributed by atoms with Crippen molar-refractivity contribution in [2.75, 3.05) is 5.32 Å². The van der Waals surface area contributed by atoms with Crippen LogP contribution in [0.4, 0.5) is 5.13 Å². The monoisotopic (exact) mass is 293 g/mol. The largest absolute Gasteiger partial charge is 0.327 e. The minimum absolute atomic E-state index is 0.0658. The van der Waals surface area contributed by atoms with Crippen molar-refractivity contribution in [3.8, 4) is 0 Å². The van der Waals surface area contributed by atoms with Gasteiger partial charge in [-0.3, -0.25) is 4.79 Å². The van der Waals surface area contributed by atoms with Gasteiger partial charge in [-0.2, -0.15) is 0 Å². The molecule has 0 radical (unpaired) electrons. The SMILES string of the molecule is CC1(C)C(C(=O)Nc2nc3c(s2)C[C@@H](N)CC3)C1(C)C. The van der Waals surface area contributed by atoms with Crippen molar-refractivity contribution in [2.24, 2.45) is 22.5 Å². The molecule has 3 rings (SSSR count). The van der Waals surface area contributed by atoms with Gasteiger partial charge in [0.1, 0.15) is 0 Å². The number of carbonyl (C=O) groups is 1. The topological polar surface area (TPSA) is 68.0 Å². The number of nitrogens with one attached hydrogen (secondary N) is 1. The Kier molecular flexibility index (Phi) is 3.00. The van der Waals surface area contributed by atoms with E-state index in [1.807, 2.05) is 0 Å². The van der Waals surface area contributed by atoms with Gasteiger partial charge < -0.3 is 11.1 Å². The van der Waals surface area contributed by atoms with E-state index in [-0.39, 0.29) is 28.7 Å². The predicted molar refractivity (Wildman–Crippen MR) is 81.8 cm³/mol. The highest BCUT2D eigenvalue weighted by molar-refractivity contribution is 7.15. The summed E-state index contributed by atoms with van der Waals surface area (Å²) in [6.07, 6.45) is 2.82. The molecule has 0 bridgehead atoms. The number of aryl methyl sites for hydroxylation is 1. The minimum Gasteiger partial charge on any atom is -0.327 e. The summed E-state index contributed by atoms with van der Waals surface area (Å²) in [6, 6.07) is 0.243. The van der Waals surface area contributed by atoms with Crippen LogP contribution in [0, 0.1) is 16.7 Å². The summed E-state index contributed by atoms with van der Waals surface area (Å²) in [5.41, 5.74) is 7.24. The lowest BCUT2D eigenvalue weighted by atomic mass is 9.99. The lowest BCUT2D eigenvalue weighted by Crippen LogP contribution is -2.27. The third-order valence-corrected chi connectivity index (χ3v) is 6.53. The summed E-state index contributed by atoms with van der Waals surface area (Å²) < 4.78 is 0. The van der Waals surface area contributed by atoms with E-state index in [2.05, 4.69) is 38.0 Å². The van der Waals surface area contributed by atoms with Crippen LogP contribution in [-0.4, -0.2) is 16.9 Å². The fraction of sp³-hybridized carbons (Fsp3) is 0.733. The van der Waals surface area contributed by atoms with Crippen LogP contribution < -0.4 is 11.1 Å². The van der Waals surface area contributed by atoms with Crippen molar-refractivity contribution in [3.63, 3.8) is 0 Å². The number of thiazole rings is 1. The van der Waals surface area contributed by atoms with Gasteiger partial charge in [-0.15, -0.1) is 11.3 Å². The number of carbonyl (C=O) groups excluding carboxylic acids is 1. The van der Waals surface area contributed by atoms with Crippen LogP contribution in [-0.2, 0) is 17.6 Å². The van der Waals surface area contributed by atoms with Gasteiger partial charge in [0.2, 0.25) is 5.91 Å². The molecule has 1 fully saturated rings. The predicted octanol–water partition coefficient (Wildman–Crippen LogP) is 2.58. The molecule has 4 nitrogen and oxygen atoms in total. The number of rotatable bonds is 2. The number of hydrogen-bond donors (Lipinski definition) is 2. The zero-order valence-electron chi connectivity index (χ0n) is 12.6. The molecule has 20 heavy (non-hydrogen) atoms. The molecular formula is C15H23N3OS. The average molecular weight is 293 g/mol. The second-order valence-corrected chi connectivity index (χ2v) is 8.34. The Morgan fingerprint density at radius 2 is 2.00 bits per heavy atom. The number of aromatic nitrogens is 1. The number of fused-ring (bicyclic) bond motifs is 1. The quantitative estimate of drug-likeness (QED) is 0.880. The highest BCUT2D eigenvalue weighted by Crippen LogP contribution is 2.68. The number of amides is 1. The highest BCUT2D eigenvalue weighted by atomic mass is 32.1. The van der Waals surface area contributed by atoms with Crippen molar-refractivity contribution >= 4 is 22.4 Å². The van der Waals surface area contributed by atoms with Crippen molar-refractivity contribution < 1.29 is 4.79 Å². The van der Waals surface area contributed by atoms with Crippen LogP contribution in [0.25, 0.3) is 0 Å². The number of anilines is 1. The maximum Gasteiger partial charge on any atom is 0.230 e. The summed E-state index contributed by atoms with van der Waals surface area (Å²) in [4.78, 5) is 18.2. The Morgan fingerprint density at radius 3 is 2.60 bits per heavy atom. The Hall–Kier alpha value is -0.940. The third kappa shape index (κ3) is 1.99. The van der Waals surface area contributed by atoms with Crippen LogP contribution >= 0.6 is 11.3 Å². The van der Waals surface area contributed by atoms with E-state index >= 15 is 0 Å². The first-order valence-electron chi connectivity index (χ1n) is 7.28. The van der Waals surface area contributed by atoms with Crippen LogP contribution in [0.15, 0.2) is 0 Å². The number of hydrogen-bond acceptors (Lipinski definition) is 4. The zero-order valence-corrected chi connectivity index (χ0v) is 13.4. The van der Waals surface area contributed by atoms with E-state index in [0.29, 0.717) is 0 Å². The first-order valence-corrected chi connectivity index (χ1v) is 8.10. The molecule has 0 unspecified atom stereocenters. The summed E-state index contributed by atoms with van der Waals surface area (Å²) in [5, 5.41) is 3.76. The van der Waals surface area contributed by atoms with E-state index in [9.17, 15) is 4.79 Å². The second kappa shape index (κ2) is 4.28.